The van der Waals surface area contributed by atoms with E-state index in [-0.39, 0.29) is 12.1 Å². The molecule has 2 amide bonds. The maximum atomic E-state index is 12.2. The van der Waals surface area contributed by atoms with E-state index in [0.717, 1.165) is 29.7 Å². The number of piperidine rings is 1. The van der Waals surface area contributed by atoms with Crippen molar-refractivity contribution in [3.05, 3.63) is 29.1 Å². The van der Waals surface area contributed by atoms with Crippen LogP contribution in [0, 0.1) is 12.0 Å². The molecular weight excluding hydrogens is 304 g/mol. The topological polar surface area (TPSA) is 81.2 Å². The number of hydrogen-bond donors (Lipinski definition) is 1. The minimum Gasteiger partial charge on any atom is -0.361 e. The minimum atomic E-state index is -0.903. The first-order chi connectivity index (χ1) is 11.4. The summed E-state index contributed by atoms with van der Waals surface area (Å²) >= 11 is 0. The van der Waals surface area contributed by atoms with Crippen molar-refractivity contribution in [3.63, 3.8) is 0 Å². The van der Waals surface area contributed by atoms with Crippen molar-refractivity contribution in [2.45, 2.75) is 45.7 Å². The van der Waals surface area contributed by atoms with Crippen LogP contribution in [0.25, 0.3) is 12.2 Å². The molecule has 0 bridgehead atoms. The fraction of sp³-hybridized carbons (Fsp3) is 0.500. The Morgan fingerprint density at radius 2 is 2.12 bits per heavy atom. The molecule has 0 radical (unpaired) electrons. The molecule has 2 aliphatic rings. The second-order valence-electron chi connectivity index (χ2n) is 6.95. The first-order valence-corrected chi connectivity index (χ1v) is 8.37. The van der Waals surface area contributed by atoms with Crippen molar-refractivity contribution in [3.8, 4) is 0 Å². The van der Waals surface area contributed by atoms with E-state index in [0.29, 0.717) is 12.5 Å². The predicted octanol–water partition coefficient (Wildman–Crippen LogP) is 1.79. The summed E-state index contributed by atoms with van der Waals surface area (Å²) in [5, 5.41) is 4.59. The largest absolute Gasteiger partial charge is 0.361 e. The highest BCUT2D eigenvalue weighted by atomic mass is 16.2. The van der Waals surface area contributed by atoms with Crippen LogP contribution < -0.4 is 5.73 Å². The number of nitrogens with two attached hydrogens (primary N) is 1. The molecule has 24 heavy (non-hydrogen) atoms. The Morgan fingerprint density at radius 3 is 2.79 bits per heavy atom. The van der Waals surface area contributed by atoms with Gasteiger partial charge in [-0.2, -0.15) is 0 Å². The van der Waals surface area contributed by atoms with Crippen molar-refractivity contribution >= 4 is 24.0 Å². The fourth-order valence-corrected chi connectivity index (χ4v) is 3.29. The molecule has 2 heterocycles. The number of fused-ring (bicyclic) bond motifs is 1. The third-order valence-electron chi connectivity index (χ3n) is 4.65. The van der Waals surface area contributed by atoms with Crippen molar-refractivity contribution in [2.75, 3.05) is 6.54 Å². The van der Waals surface area contributed by atoms with Crippen LogP contribution in [-0.4, -0.2) is 39.1 Å². The Kier molecular flexibility index (Phi) is 4.24. The predicted molar refractivity (Wildman–Crippen MR) is 91.4 cm³/mol. The molecule has 1 aromatic rings. The van der Waals surface area contributed by atoms with E-state index >= 15 is 0 Å². The molecular formula is C18H23N4O2+. The van der Waals surface area contributed by atoms with E-state index in [1.54, 1.807) is 4.90 Å². The van der Waals surface area contributed by atoms with Gasteiger partial charge in [0.05, 0.1) is 18.3 Å². The average molecular weight is 327 g/mol. The highest BCUT2D eigenvalue weighted by molar-refractivity contribution is 6.34. The Bertz CT molecular complexity index is 729. The zero-order chi connectivity index (χ0) is 17.4. The van der Waals surface area contributed by atoms with Gasteiger partial charge in [-0.1, -0.05) is 6.92 Å². The summed E-state index contributed by atoms with van der Waals surface area (Å²) < 4.78 is 1.91. The monoisotopic (exact) mass is 327 g/mol. The molecule has 1 fully saturated rings. The molecule has 0 unspecified atom stereocenters. The molecule has 1 aliphatic heterocycles. The van der Waals surface area contributed by atoms with Gasteiger partial charge in [-0.3, -0.25) is 14.3 Å². The number of likely N-dealkylation sites (tertiary alicyclic amines) is 1. The molecule has 1 aromatic heterocycles. The van der Waals surface area contributed by atoms with Crippen LogP contribution >= 0.6 is 0 Å². The minimum absolute atomic E-state index is 0.171. The molecule has 0 aromatic carbocycles. The lowest BCUT2D eigenvalue weighted by molar-refractivity contribution is -0.146. The lowest BCUT2D eigenvalue weighted by atomic mass is 9.87. The van der Waals surface area contributed by atoms with E-state index in [2.05, 4.69) is 31.9 Å². The van der Waals surface area contributed by atoms with Gasteiger partial charge < -0.3 is 10.6 Å². The van der Waals surface area contributed by atoms with E-state index < -0.39 is 11.8 Å². The highest BCUT2D eigenvalue weighted by Crippen LogP contribution is 2.31. The van der Waals surface area contributed by atoms with Gasteiger partial charge in [0.2, 0.25) is 5.69 Å². The molecule has 0 spiro atoms. The second-order valence-corrected chi connectivity index (χ2v) is 6.95. The van der Waals surface area contributed by atoms with Gasteiger partial charge >= 0.3 is 11.8 Å². The zero-order valence-corrected chi connectivity index (χ0v) is 14.3. The second kappa shape index (κ2) is 6.21. The summed E-state index contributed by atoms with van der Waals surface area (Å²) in [6, 6.07) is 0.110. The van der Waals surface area contributed by atoms with E-state index in [4.69, 9.17) is 5.73 Å². The summed E-state index contributed by atoms with van der Waals surface area (Å²) in [5.74, 6) is -1.17. The molecule has 2 N–H and O–H groups in total. The third kappa shape index (κ3) is 2.97. The van der Waals surface area contributed by atoms with E-state index in [1.165, 1.54) is 0 Å². The standard InChI is InChI=1S/C18H22N4O2/c1-11(2)22-10-14-6-5-13(8-15(14)20-22)16-7-4-12(3)9-21(16)18(24)17(19)23/h6,8,10-12,16H,4,7,9H2,1-3H3,(H-,19,23)/p+1/t12-,16+/m1/s1. The molecule has 1 aliphatic carbocycles. The van der Waals surface area contributed by atoms with Crippen LogP contribution in [0.1, 0.15) is 50.9 Å². The number of primary amides is 1. The number of carbonyl (C=O) groups excluding carboxylic acids is 2. The van der Waals surface area contributed by atoms with Crippen molar-refractivity contribution in [2.24, 2.45) is 11.7 Å². The van der Waals surface area contributed by atoms with Gasteiger partial charge in [0.25, 0.3) is 0 Å². The molecule has 2 atom stereocenters. The van der Waals surface area contributed by atoms with Gasteiger partial charge in [0, 0.05) is 18.7 Å². The zero-order valence-electron chi connectivity index (χ0n) is 14.3. The smallest absolute Gasteiger partial charge is 0.312 e. The maximum Gasteiger partial charge on any atom is 0.312 e. The molecule has 1 saturated heterocycles. The first kappa shape index (κ1) is 16.4. The Hall–Kier alpha value is -2.46. The fourth-order valence-electron chi connectivity index (χ4n) is 3.29. The summed E-state index contributed by atoms with van der Waals surface area (Å²) in [7, 11) is 0. The molecule has 6 nitrogen and oxygen atoms in total. The Balaban J connectivity index is 1.91. The van der Waals surface area contributed by atoms with Crippen LogP contribution in [-0.2, 0) is 9.59 Å². The molecule has 0 saturated carbocycles. The number of carbonyl (C=O) groups is 2. The van der Waals surface area contributed by atoms with Crippen LogP contribution in [0.5, 0.6) is 0 Å². The molecule has 6 heteroatoms. The number of hydrogen-bond acceptors (Lipinski definition) is 3. The molecule has 3 rings (SSSR count). The quantitative estimate of drug-likeness (QED) is 0.664. The van der Waals surface area contributed by atoms with E-state index in [1.807, 2.05) is 23.0 Å². The summed E-state index contributed by atoms with van der Waals surface area (Å²) in [6.45, 7) is 6.77. The maximum absolute atomic E-state index is 12.2. The SMILES string of the molecule is CC(C)n1cc2c(n1)C=C([C@@H]1CC[C@@H](C)CN1C(=O)C(N)=O)[C+]=C2. The van der Waals surface area contributed by atoms with Crippen LogP contribution in [0.15, 0.2) is 11.8 Å². The lowest BCUT2D eigenvalue weighted by Gasteiger charge is -2.36. The number of aromatic nitrogens is 2. The molecule has 126 valence electrons. The lowest BCUT2D eigenvalue weighted by Crippen LogP contribution is -2.51. The van der Waals surface area contributed by atoms with Crippen LogP contribution in [0.3, 0.4) is 0 Å². The van der Waals surface area contributed by atoms with Crippen LogP contribution in [0.4, 0.5) is 0 Å². The normalized spacial score (nSPS) is 22.8. The Labute approximate surface area is 142 Å². The van der Waals surface area contributed by atoms with Gasteiger partial charge in [0.1, 0.15) is 17.2 Å². The third-order valence-corrected chi connectivity index (χ3v) is 4.65. The van der Waals surface area contributed by atoms with Gasteiger partial charge in [-0.25, -0.2) is 0 Å². The summed E-state index contributed by atoms with van der Waals surface area (Å²) in [6.07, 6.45) is 10.9. The van der Waals surface area contributed by atoms with Crippen molar-refractivity contribution in [1.29, 1.82) is 0 Å². The van der Waals surface area contributed by atoms with Crippen LogP contribution in [0.2, 0.25) is 0 Å². The number of amides is 2. The van der Waals surface area contributed by atoms with Crippen molar-refractivity contribution < 1.29 is 9.59 Å². The van der Waals surface area contributed by atoms with Gasteiger partial charge in [-0.15, -0.1) is 5.10 Å². The Morgan fingerprint density at radius 1 is 1.38 bits per heavy atom. The van der Waals surface area contributed by atoms with E-state index in [9.17, 15) is 9.59 Å². The summed E-state index contributed by atoms with van der Waals surface area (Å²) in [5.41, 5.74) is 8.01. The highest BCUT2D eigenvalue weighted by Gasteiger charge is 2.37. The first-order valence-electron chi connectivity index (χ1n) is 8.37. The van der Waals surface area contributed by atoms with Crippen molar-refractivity contribution in [1.82, 2.24) is 14.7 Å². The summed E-state index contributed by atoms with van der Waals surface area (Å²) in [4.78, 5) is 25.2. The number of nitrogens with zero attached hydrogens (tertiary/aromatic N) is 3. The number of rotatable bonds is 2. The van der Waals surface area contributed by atoms with Gasteiger partial charge in [-0.05, 0) is 32.6 Å². The average Bonchev–Trinajstić information content (AvgIpc) is 2.97. The van der Waals surface area contributed by atoms with Gasteiger partial charge in [0.15, 0.2) is 0 Å².